The number of anilines is 1. The molecule has 1 amide bonds. The van der Waals surface area contributed by atoms with Gasteiger partial charge in [0.2, 0.25) is 0 Å². The summed E-state index contributed by atoms with van der Waals surface area (Å²) in [6.45, 7) is 1.81. The van der Waals surface area contributed by atoms with Crippen molar-refractivity contribution in [1.29, 1.82) is 0 Å². The van der Waals surface area contributed by atoms with Crippen LogP contribution in [-0.2, 0) is 27.2 Å². The summed E-state index contributed by atoms with van der Waals surface area (Å²) in [7, 11) is 0. The second-order valence-corrected chi connectivity index (χ2v) is 7.57. The molecule has 0 fully saturated rings. The number of hydrogen-bond donors (Lipinski definition) is 1. The summed E-state index contributed by atoms with van der Waals surface area (Å²) in [5, 5.41) is 9.02. The topological polar surface area (TPSA) is 68.3 Å². The third-order valence-electron chi connectivity index (χ3n) is 3.97. The van der Waals surface area contributed by atoms with E-state index >= 15 is 0 Å². The van der Waals surface area contributed by atoms with E-state index in [9.17, 15) is 9.59 Å². The number of nitrogens with one attached hydrogen (secondary N) is 1. The number of nitrogens with zero attached hydrogens (tertiary/aromatic N) is 1. The van der Waals surface area contributed by atoms with Gasteiger partial charge in [-0.25, -0.2) is 4.98 Å². The first-order valence-corrected chi connectivity index (χ1v) is 10.5. The van der Waals surface area contributed by atoms with Gasteiger partial charge in [-0.2, -0.15) is 11.3 Å². The Hall–Kier alpha value is -2.51. The molecule has 1 N–H and O–H groups in total. The lowest BCUT2D eigenvalue weighted by atomic mass is 10.1. The third kappa shape index (κ3) is 5.74. The van der Waals surface area contributed by atoms with E-state index in [0.717, 1.165) is 23.2 Å². The van der Waals surface area contributed by atoms with Crippen LogP contribution in [0.2, 0.25) is 0 Å². The molecule has 0 atom stereocenters. The summed E-state index contributed by atoms with van der Waals surface area (Å²) in [6.07, 6.45) is 1.88. The van der Waals surface area contributed by atoms with Crippen molar-refractivity contribution in [1.82, 2.24) is 4.98 Å². The highest BCUT2D eigenvalue weighted by Gasteiger charge is 2.11. The summed E-state index contributed by atoms with van der Waals surface area (Å²) in [5.74, 6) is -0.770. The Bertz CT molecular complexity index is 886. The maximum absolute atomic E-state index is 12.0. The Balaban J connectivity index is 1.45. The second kappa shape index (κ2) is 9.43. The standard InChI is InChI=1S/C20H20N2O3S2/c1-2-14-3-6-16(7-4-14)17-13-27-20(21-17)22-18(23)11-25-19(24)8-5-15-9-10-26-12-15/h3-4,6-7,9-10,12-13H,2,5,8,11H2,1H3,(H,21,22,23). The van der Waals surface area contributed by atoms with Gasteiger partial charge in [0.05, 0.1) is 5.69 Å². The van der Waals surface area contributed by atoms with E-state index in [0.29, 0.717) is 11.6 Å². The minimum absolute atomic E-state index is 0.263. The number of hydrogen-bond acceptors (Lipinski definition) is 6. The van der Waals surface area contributed by atoms with Crippen molar-refractivity contribution in [2.24, 2.45) is 0 Å². The normalized spacial score (nSPS) is 10.6. The lowest BCUT2D eigenvalue weighted by molar-refractivity contribution is -0.147. The molecule has 27 heavy (non-hydrogen) atoms. The molecular formula is C20H20N2O3S2. The zero-order valence-electron chi connectivity index (χ0n) is 14.9. The van der Waals surface area contributed by atoms with E-state index in [4.69, 9.17) is 4.74 Å². The Morgan fingerprint density at radius 3 is 2.63 bits per heavy atom. The molecule has 0 spiro atoms. The number of thiophene rings is 1. The number of rotatable bonds is 8. The summed E-state index contributed by atoms with van der Waals surface area (Å²) >= 11 is 2.93. The molecule has 0 aliphatic rings. The van der Waals surface area contributed by atoms with Gasteiger partial charge in [-0.1, -0.05) is 31.2 Å². The van der Waals surface area contributed by atoms with Crippen LogP contribution in [-0.4, -0.2) is 23.5 Å². The van der Waals surface area contributed by atoms with Gasteiger partial charge in [-0.05, 0) is 40.8 Å². The monoisotopic (exact) mass is 400 g/mol. The maximum Gasteiger partial charge on any atom is 0.306 e. The van der Waals surface area contributed by atoms with E-state index < -0.39 is 0 Å². The van der Waals surface area contributed by atoms with Crippen molar-refractivity contribution in [3.05, 3.63) is 57.6 Å². The number of ether oxygens (including phenoxy) is 1. The van der Waals surface area contributed by atoms with E-state index in [2.05, 4.69) is 29.4 Å². The van der Waals surface area contributed by atoms with Crippen LogP contribution < -0.4 is 5.32 Å². The Kier molecular flexibility index (Phi) is 6.73. The number of aryl methyl sites for hydroxylation is 2. The van der Waals surface area contributed by atoms with Gasteiger partial charge in [0.15, 0.2) is 11.7 Å². The summed E-state index contributed by atoms with van der Waals surface area (Å²) in [6, 6.07) is 10.2. The predicted octanol–water partition coefficient (Wildman–Crippen LogP) is 4.55. The Morgan fingerprint density at radius 1 is 1.11 bits per heavy atom. The SMILES string of the molecule is CCc1ccc(-c2csc(NC(=O)COC(=O)CCc3ccsc3)n2)cc1. The quantitative estimate of drug-likeness (QED) is 0.563. The van der Waals surface area contributed by atoms with E-state index in [1.54, 1.807) is 11.3 Å². The molecule has 140 valence electrons. The van der Waals surface area contributed by atoms with Crippen LogP contribution in [0.4, 0.5) is 5.13 Å². The van der Waals surface area contributed by atoms with Gasteiger partial charge in [0.25, 0.3) is 5.91 Å². The molecule has 3 aromatic rings. The van der Waals surface area contributed by atoms with Gasteiger partial charge >= 0.3 is 5.97 Å². The second-order valence-electron chi connectivity index (χ2n) is 5.93. The van der Waals surface area contributed by atoms with Crippen molar-refractivity contribution in [3.63, 3.8) is 0 Å². The smallest absolute Gasteiger partial charge is 0.306 e. The highest BCUT2D eigenvalue weighted by molar-refractivity contribution is 7.14. The van der Waals surface area contributed by atoms with Crippen molar-refractivity contribution in [2.75, 3.05) is 11.9 Å². The van der Waals surface area contributed by atoms with Crippen molar-refractivity contribution < 1.29 is 14.3 Å². The zero-order chi connectivity index (χ0) is 19.1. The minimum atomic E-state index is -0.388. The Labute approximate surface area is 166 Å². The van der Waals surface area contributed by atoms with Gasteiger partial charge in [0.1, 0.15) is 0 Å². The van der Waals surface area contributed by atoms with Gasteiger partial charge in [-0.15, -0.1) is 11.3 Å². The first kappa shape index (κ1) is 19.3. The largest absolute Gasteiger partial charge is 0.456 e. The number of benzene rings is 1. The molecule has 0 aliphatic heterocycles. The van der Waals surface area contributed by atoms with Crippen LogP contribution in [0.25, 0.3) is 11.3 Å². The number of aromatic nitrogens is 1. The Morgan fingerprint density at radius 2 is 1.93 bits per heavy atom. The van der Waals surface area contributed by atoms with Crippen molar-refractivity contribution in [3.8, 4) is 11.3 Å². The molecule has 0 saturated heterocycles. The molecule has 2 aromatic heterocycles. The third-order valence-corrected chi connectivity index (χ3v) is 5.46. The summed E-state index contributed by atoms with van der Waals surface area (Å²) in [5.41, 5.74) is 4.18. The van der Waals surface area contributed by atoms with Gasteiger partial charge in [-0.3, -0.25) is 14.9 Å². The molecule has 1 aromatic carbocycles. The van der Waals surface area contributed by atoms with Crippen molar-refractivity contribution in [2.45, 2.75) is 26.2 Å². The predicted molar refractivity (Wildman–Crippen MR) is 109 cm³/mol. The summed E-state index contributed by atoms with van der Waals surface area (Å²) in [4.78, 5) is 28.1. The fraction of sp³-hybridized carbons (Fsp3) is 0.250. The molecule has 5 nitrogen and oxygen atoms in total. The number of esters is 1. The molecule has 0 radical (unpaired) electrons. The number of thiazole rings is 1. The van der Waals surface area contributed by atoms with E-state index in [-0.39, 0.29) is 24.9 Å². The molecule has 0 saturated carbocycles. The van der Waals surface area contributed by atoms with Gasteiger partial charge < -0.3 is 4.74 Å². The maximum atomic E-state index is 12.0. The molecule has 2 heterocycles. The lowest BCUT2D eigenvalue weighted by Crippen LogP contribution is -2.20. The average Bonchev–Trinajstić information content (AvgIpc) is 3.37. The number of carbonyl (C=O) groups is 2. The van der Waals surface area contributed by atoms with Crippen LogP contribution in [0.5, 0.6) is 0 Å². The molecule has 3 rings (SSSR count). The van der Waals surface area contributed by atoms with E-state index in [1.165, 1.54) is 16.9 Å². The molecule has 0 aliphatic carbocycles. The van der Waals surface area contributed by atoms with Crippen molar-refractivity contribution >= 4 is 39.7 Å². The first-order chi connectivity index (χ1) is 13.1. The molecule has 0 unspecified atom stereocenters. The highest BCUT2D eigenvalue weighted by Crippen LogP contribution is 2.25. The van der Waals surface area contributed by atoms with Crippen LogP contribution in [0, 0.1) is 0 Å². The van der Waals surface area contributed by atoms with E-state index in [1.807, 2.05) is 34.3 Å². The summed E-state index contributed by atoms with van der Waals surface area (Å²) < 4.78 is 5.02. The molecule has 0 bridgehead atoms. The number of carbonyl (C=O) groups excluding carboxylic acids is 2. The van der Waals surface area contributed by atoms with Crippen LogP contribution in [0.15, 0.2) is 46.5 Å². The molecule has 7 heteroatoms. The fourth-order valence-corrected chi connectivity index (χ4v) is 3.87. The van der Waals surface area contributed by atoms with Crippen LogP contribution in [0.3, 0.4) is 0 Å². The van der Waals surface area contributed by atoms with Crippen LogP contribution >= 0.6 is 22.7 Å². The first-order valence-electron chi connectivity index (χ1n) is 8.65. The zero-order valence-corrected chi connectivity index (χ0v) is 16.6. The number of amides is 1. The van der Waals surface area contributed by atoms with Gasteiger partial charge in [0, 0.05) is 17.4 Å². The fourth-order valence-electron chi connectivity index (χ4n) is 2.43. The molecular weight excluding hydrogens is 380 g/mol. The minimum Gasteiger partial charge on any atom is -0.456 e. The van der Waals surface area contributed by atoms with Crippen LogP contribution in [0.1, 0.15) is 24.5 Å². The lowest BCUT2D eigenvalue weighted by Gasteiger charge is -2.04. The highest BCUT2D eigenvalue weighted by atomic mass is 32.1. The average molecular weight is 401 g/mol.